The topological polar surface area (TPSA) is 15.3 Å². The minimum absolute atomic E-state index is 0.823. The highest BCUT2D eigenvalue weighted by Gasteiger charge is 2.32. The van der Waals surface area contributed by atoms with E-state index in [1.165, 1.54) is 39.0 Å². The Labute approximate surface area is 69.0 Å². The van der Waals surface area contributed by atoms with Crippen molar-refractivity contribution >= 4 is 0 Å². The lowest BCUT2D eigenvalue weighted by molar-refractivity contribution is 0.331. The number of nitrogens with one attached hydrogen (secondary N) is 1. The number of nitrogens with zero attached hydrogens (tertiary/aromatic N) is 1. The highest BCUT2D eigenvalue weighted by molar-refractivity contribution is 4.91. The number of piperidine rings is 1. The van der Waals surface area contributed by atoms with Crippen LogP contribution in [0.1, 0.15) is 19.8 Å². The number of likely N-dealkylation sites (N-methyl/N-ethyl adjacent to an activating group) is 1. The van der Waals surface area contributed by atoms with E-state index < -0.39 is 0 Å². The Hall–Kier alpha value is -0.0800. The summed E-state index contributed by atoms with van der Waals surface area (Å²) in [6, 6.07) is 0.823. The molecule has 2 heterocycles. The number of rotatable bonds is 1. The molecule has 64 valence electrons. The van der Waals surface area contributed by atoms with Crippen LogP contribution < -0.4 is 5.32 Å². The first-order chi connectivity index (χ1) is 5.40. The van der Waals surface area contributed by atoms with Crippen molar-refractivity contribution in [3.05, 3.63) is 0 Å². The molecule has 2 aliphatic heterocycles. The van der Waals surface area contributed by atoms with Crippen LogP contribution in [0.25, 0.3) is 0 Å². The Bertz CT molecular complexity index is 122. The smallest absolute Gasteiger partial charge is 0.0235 e. The van der Waals surface area contributed by atoms with Gasteiger partial charge in [0, 0.05) is 19.1 Å². The molecule has 2 saturated heterocycles. The minimum atomic E-state index is 0.823. The number of fused-ring (bicyclic) bond motifs is 1. The second-order valence-electron chi connectivity index (χ2n) is 3.82. The molecular formula is C9H18N2. The summed E-state index contributed by atoms with van der Waals surface area (Å²) in [6.45, 7) is 7.38. The van der Waals surface area contributed by atoms with E-state index in [2.05, 4.69) is 17.1 Å². The molecule has 0 unspecified atom stereocenters. The molecule has 0 radical (unpaired) electrons. The molecular weight excluding hydrogens is 136 g/mol. The normalized spacial score (nSPS) is 39.0. The van der Waals surface area contributed by atoms with Gasteiger partial charge >= 0.3 is 0 Å². The third-order valence-electron chi connectivity index (χ3n) is 3.12. The van der Waals surface area contributed by atoms with Crippen molar-refractivity contribution in [3.8, 4) is 0 Å². The molecule has 0 amide bonds. The van der Waals surface area contributed by atoms with Gasteiger partial charge in [-0.2, -0.15) is 0 Å². The molecule has 2 rings (SSSR count). The van der Waals surface area contributed by atoms with Crippen molar-refractivity contribution in [3.63, 3.8) is 0 Å². The van der Waals surface area contributed by atoms with E-state index >= 15 is 0 Å². The molecule has 0 aliphatic carbocycles. The van der Waals surface area contributed by atoms with E-state index in [-0.39, 0.29) is 0 Å². The first kappa shape index (κ1) is 7.56. The van der Waals surface area contributed by atoms with Crippen molar-refractivity contribution < 1.29 is 0 Å². The monoisotopic (exact) mass is 154 g/mol. The number of hydrogen-bond donors (Lipinski definition) is 1. The number of likely N-dealkylation sites (tertiary alicyclic amines) is 1. The molecule has 2 heteroatoms. The van der Waals surface area contributed by atoms with Gasteiger partial charge in [0.05, 0.1) is 0 Å². The summed E-state index contributed by atoms with van der Waals surface area (Å²) in [6.07, 6.45) is 2.84. The van der Waals surface area contributed by atoms with E-state index in [0.717, 1.165) is 12.0 Å². The third-order valence-corrected chi connectivity index (χ3v) is 3.12. The Kier molecular flexibility index (Phi) is 2.14. The SMILES string of the molecule is CCN1C[C@H]2CCCN[C@H]2C1. The van der Waals surface area contributed by atoms with Crippen molar-refractivity contribution in [2.75, 3.05) is 26.2 Å². The van der Waals surface area contributed by atoms with Crippen LogP contribution in [0.15, 0.2) is 0 Å². The van der Waals surface area contributed by atoms with Gasteiger partial charge in [-0.25, -0.2) is 0 Å². The molecule has 2 nitrogen and oxygen atoms in total. The lowest BCUT2D eigenvalue weighted by Crippen LogP contribution is -2.40. The van der Waals surface area contributed by atoms with Gasteiger partial charge in [-0.05, 0) is 31.8 Å². The van der Waals surface area contributed by atoms with Crippen molar-refractivity contribution in [1.29, 1.82) is 0 Å². The maximum absolute atomic E-state index is 3.60. The molecule has 2 aliphatic rings. The van der Waals surface area contributed by atoms with Crippen molar-refractivity contribution in [1.82, 2.24) is 10.2 Å². The molecule has 0 aromatic heterocycles. The zero-order valence-corrected chi connectivity index (χ0v) is 7.34. The lowest BCUT2D eigenvalue weighted by Gasteiger charge is -2.24. The second kappa shape index (κ2) is 3.11. The highest BCUT2D eigenvalue weighted by Crippen LogP contribution is 2.24. The van der Waals surface area contributed by atoms with Crippen LogP contribution in [0.4, 0.5) is 0 Å². The first-order valence-electron chi connectivity index (χ1n) is 4.86. The van der Waals surface area contributed by atoms with Crippen molar-refractivity contribution in [2.45, 2.75) is 25.8 Å². The summed E-state index contributed by atoms with van der Waals surface area (Å²) in [7, 11) is 0. The average Bonchev–Trinajstić information content (AvgIpc) is 2.46. The molecule has 0 bridgehead atoms. The van der Waals surface area contributed by atoms with E-state index in [4.69, 9.17) is 0 Å². The zero-order chi connectivity index (χ0) is 7.68. The van der Waals surface area contributed by atoms with Gasteiger partial charge in [0.1, 0.15) is 0 Å². The van der Waals surface area contributed by atoms with Gasteiger partial charge in [0.15, 0.2) is 0 Å². The fourth-order valence-corrected chi connectivity index (χ4v) is 2.39. The fourth-order valence-electron chi connectivity index (χ4n) is 2.39. The summed E-state index contributed by atoms with van der Waals surface area (Å²) in [5.74, 6) is 0.962. The largest absolute Gasteiger partial charge is 0.312 e. The van der Waals surface area contributed by atoms with Gasteiger partial charge in [0.25, 0.3) is 0 Å². The Morgan fingerprint density at radius 3 is 3.09 bits per heavy atom. The standard InChI is InChI=1S/C9H18N2/c1-2-11-6-8-4-3-5-10-9(8)7-11/h8-10H,2-7H2,1H3/t8-,9+/m1/s1. The lowest BCUT2D eigenvalue weighted by atomic mass is 9.94. The van der Waals surface area contributed by atoms with Gasteiger partial charge < -0.3 is 10.2 Å². The molecule has 0 aromatic carbocycles. The van der Waals surface area contributed by atoms with Crippen LogP contribution in [-0.2, 0) is 0 Å². The summed E-state index contributed by atoms with van der Waals surface area (Å²) < 4.78 is 0. The Morgan fingerprint density at radius 2 is 2.36 bits per heavy atom. The molecule has 0 spiro atoms. The molecule has 1 N–H and O–H groups in total. The highest BCUT2D eigenvalue weighted by atomic mass is 15.2. The Balaban J connectivity index is 1.92. The molecule has 0 aromatic rings. The summed E-state index contributed by atoms with van der Waals surface area (Å²) in [4.78, 5) is 2.56. The second-order valence-corrected chi connectivity index (χ2v) is 3.82. The third kappa shape index (κ3) is 1.42. The molecule has 2 fully saturated rings. The zero-order valence-electron chi connectivity index (χ0n) is 7.34. The quantitative estimate of drug-likeness (QED) is 0.598. The van der Waals surface area contributed by atoms with E-state index in [1.807, 2.05) is 0 Å². The van der Waals surface area contributed by atoms with E-state index in [1.54, 1.807) is 0 Å². The Morgan fingerprint density at radius 1 is 1.45 bits per heavy atom. The van der Waals surface area contributed by atoms with Crippen LogP contribution >= 0.6 is 0 Å². The molecule has 0 saturated carbocycles. The first-order valence-corrected chi connectivity index (χ1v) is 4.86. The summed E-state index contributed by atoms with van der Waals surface area (Å²) in [5, 5.41) is 3.60. The number of hydrogen-bond acceptors (Lipinski definition) is 2. The van der Waals surface area contributed by atoms with Gasteiger partial charge in [0.2, 0.25) is 0 Å². The van der Waals surface area contributed by atoms with Crippen LogP contribution in [0.5, 0.6) is 0 Å². The summed E-state index contributed by atoms with van der Waals surface area (Å²) in [5.41, 5.74) is 0. The average molecular weight is 154 g/mol. The molecule has 11 heavy (non-hydrogen) atoms. The summed E-state index contributed by atoms with van der Waals surface area (Å²) >= 11 is 0. The van der Waals surface area contributed by atoms with E-state index in [0.29, 0.717) is 0 Å². The van der Waals surface area contributed by atoms with Gasteiger partial charge in [-0.1, -0.05) is 6.92 Å². The van der Waals surface area contributed by atoms with Crippen LogP contribution in [0, 0.1) is 5.92 Å². The van der Waals surface area contributed by atoms with E-state index in [9.17, 15) is 0 Å². The van der Waals surface area contributed by atoms with Crippen LogP contribution in [0.3, 0.4) is 0 Å². The minimum Gasteiger partial charge on any atom is -0.312 e. The maximum Gasteiger partial charge on any atom is 0.0235 e. The molecule has 2 atom stereocenters. The predicted octanol–water partition coefficient (Wildman–Crippen LogP) is 0.690. The van der Waals surface area contributed by atoms with Crippen LogP contribution in [0.2, 0.25) is 0 Å². The maximum atomic E-state index is 3.60. The predicted molar refractivity (Wildman–Crippen MR) is 46.6 cm³/mol. The fraction of sp³-hybridized carbons (Fsp3) is 1.00. The van der Waals surface area contributed by atoms with Crippen LogP contribution in [-0.4, -0.2) is 37.1 Å². The van der Waals surface area contributed by atoms with Gasteiger partial charge in [-0.15, -0.1) is 0 Å². The van der Waals surface area contributed by atoms with Crippen molar-refractivity contribution in [2.24, 2.45) is 5.92 Å². The van der Waals surface area contributed by atoms with Gasteiger partial charge in [-0.3, -0.25) is 0 Å².